The fraction of sp³-hybridized carbons (Fsp3) is 0.154. The summed E-state index contributed by atoms with van der Waals surface area (Å²) in [5, 5.41) is 0. The van der Waals surface area contributed by atoms with Crippen LogP contribution in [0.4, 0.5) is 22.9 Å². The predicted molar refractivity (Wildman–Crippen MR) is 120 cm³/mol. The number of rotatable bonds is 2. The molecule has 30 heavy (non-hydrogen) atoms. The lowest BCUT2D eigenvalue weighted by molar-refractivity contribution is -0.585. The molecule has 4 nitrogen and oxygen atoms in total. The highest BCUT2D eigenvalue weighted by atomic mass is 15.5. The predicted octanol–water partition coefficient (Wildman–Crippen LogP) is 5.15. The standard InChI is InChI=1S/C26H23N4/c1-18-9-8-10-19(2)25(18)28-17-27-16-23-26(28)29(21-12-4-3-5-13-21)24-15-20-11-6-7-14-22(20)30(23)24/h3-14,16-17,24H,15H2,1-2H3/q+1. The molecule has 1 aromatic heterocycles. The van der Waals surface area contributed by atoms with Crippen molar-refractivity contribution in [2.45, 2.75) is 26.4 Å². The summed E-state index contributed by atoms with van der Waals surface area (Å²) in [5.74, 6) is 1.17. The van der Waals surface area contributed by atoms with E-state index in [1.807, 2.05) is 12.5 Å². The second-order valence-electron chi connectivity index (χ2n) is 8.10. The highest BCUT2D eigenvalue weighted by Gasteiger charge is 2.49. The summed E-state index contributed by atoms with van der Waals surface area (Å²) < 4.78 is 2.27. The van der Waals surface area contributed by atoms with Gasteiger partial charge in [-0.05, 0) is 48.7 Å². The van der Waals surface area contributed by atoms with Crippen molar-refractivity contribution >= 4 is 22.9 Å². The van der Waals surface area contributed by atoms with Crippen LogP contribution in [0.3, 0.4) is 0 Å². The Morgan fingerprint density at radius 2 is 1.53 bits per heavy atom. The number of nitrogens with zero attached hydrogens (tertiary/aromatic N) is 4. The molecular formula is C26H23N4+. The van der Waals surface area contributed by atoms with Crippen LogP contribution >= 0.6 is 0 Å². The van der Waals surface area contributed by atoms with Gasteiger partial charge in [-0.1, -0.05) is 54.6 Å². The van der Waals surface area contributed by atoms with Gasteiger partial charge in [0.15, 0.2) is 11.9 Å². The SMILES string of the molecule is Cc1cccc(C)c1-[n+]1cncc2c1N(c1ccccc1)C1Cc3ccccc3N21. The average Bonchev–Trinajstić information content (AvgIpc) is 3.29. The van der Waals surface area contributed by atoms with E-state index in [9.17, 15) is 0 Å². The first kappa shape index (κ1) is 17.2. The van der Waals surface area contributed by atoms with Gasteiger partial charge in [-0.3, -0.25) is 4.90 Å². The van der Waals surface area contributed by atoms with Gasteiger partial charge in [-0.15, -0.1) is 4.98 Å². The third-order valence-electron chi connectivity index (χ3n) is 6.29. The van der Waals surface area contributed by atoms with Crippen LogP contribution < -0.4 is 14.4 Å². The van der Waals surface area contributed by atoms with Gasteiger partial charge in [0.1, 0.15) is 17.6 Å². The van der Waals surface area contributed by atoms with Gasteiger partial charge in [0.05, 0.1) is 0 Å². The van der Waals surface area contributed by atoms with Crippen LogP contribution in [0, 0.1) is 13.8 Å². The summed E-state index contributed by atoms with van der Waals surface area (Å²) in [6, 6.07) is 25.9. The number of hydrogen-bond acceptors (Lipinski definition) is 3. The third-order valence-corrected chi connectivity index (χ3v) is 6.29. The van der Waals surface area contributed by atoms with Crippen molar-refractivity contribution in [1.29, 1.82) is 0 Å². The molecule has 0 aliphatic carbocycles. The smallest absolute Gasteiger partial charge is 0.262 e. The maximum Gasteiger partial charge on any atom is 0.262 e. The normalized spacial score (nSPS) is 16.4. The molecule has 0 bridgehead atoms. The molecule has 1 atom stereocenters. The molecule has 2 aliphatic rings. The summed E-state index contributed by atoms with van der Waals surface area (Å²) in [6.45, 7) is 4.35. The molecule has 3 aromatic carbocycles. The molecule has 0 amide bonds. The lowest BCUT2D eigenvalue weighted by atomic mass is 10.1. The van der Waals surface area contributed by atoms with E-state index >= 15 is 0 Å². The van der Waals surface area contributed by atoms with E-state index in [-0.39, 0.29) is 6.17 Å². The third kappa shape index (κ3) is 2.34. The van der Waals surface area contributed by atoms with Crippen LogP contribution in [0.1, 0.15) is 16.7 Å². The van der Waals surface area contributed by atoms with Crippen LogP contribution in [0.15, 0.2) is 85.3 Å². The quantitative estimate of drug-likeness (QED) is 0.442. The Bertz CT molecular complexity index is 1250. The summed E-state index contributed by atoms with van der Waals surface area (Å²) in [4.78, 5) is 9.60. The molecule has 0 saturated carbocycles. The van der Waals surface area contributed by atoms with Crippen molar-refractivity contribution in [1.82, 2.24) is 4.98 Å². The molecular weight excluding hydrogens is 368 g/mol. The molecule has 0 fully saturated rings. The van der Waals surface area contributed by atoms with Crippen molar-refractivity contribution in [2.75, 3.05) is 9.80 Å². The summed E-state index contributed by atoms with van der Waals surface area (Å²) in [6.07, 6.45) is 5.15. The van der Waals surface area contributed by atoms with Crippen molar-refractivity contribution in [3.63, 3.8) is 0 Å². The summed E-state index contributed by atoms with van der Waals surface area (Å²) in [7, 11) is 0. The van der Waals surface area contributed by atoms with Crippen molar-refractivity contribution < 1.29 is 4.57 Å². The first-order valence-electron chi connectivity index (χ1n) is 10.4. The molecule has 0 spiro atoms. The van der Waals surface area contributed by atoms with Gasteiger partial charge >= 0.3 is 0 Å². The van der Waals surface area contributed by atoms with Crippen molar-refractivity contribution in [2.24, 2.45) is 0 Å². The Labute approximate surface area is 176 Å². The van der Waals surface area contributed by atoms with E-state index in [2.05, 4.69) is 106 Å². The number of benzene rings is 3. The lowest BCUT2D eigenvalue weighted by Crippen LogP contribution is -2.42. The zero-order valence-corrected chi connectivity index (χ0v) is 17.2. The number of para-hydroxylation sites is 3. The summed E-state index contributed by atoms with van der Waals surface area (Å²) in [5.41, 5.74) is 8.72. The maximum atomic E-state index is 4.67. The maximum absolute atomic E-state index is 4.67. The van der Waals surface area contributed by atoms with Gasteiger partial charge in [-0.25, -0.2) is 4.90 Å². The molecule has 0 radical (unpaired) electrons. The van der Waals surface area contributed by atoms with Crippen molar-refractivity contribution in [3.05, 3.63) is 102 Å². The molecule has 0 saturated heterocycles. The molecule has 146 valence electrons. The van der Waals surface area contributed by atoms with Crippen LogP contribution in [-0.2, 0) is 6.42 Å². The largest absolute Gasteiger partial charge is 0.299 e. The molecule has 4 heteroatoms. The second kappa shape index (κ2) is 6.42. The van der Waals surface area contributed by atoms with Gasteiger partial charge in [0, 0.05) is 12.1 Å². The number of aromatic nitrogens is 2. The first-order valence-corrected chi connectivity index (χ1v) is 10.4. The minimum Gasteiger partial charge on any atom is -0.299 e. The minimum atomic E-state index is 0.208. The van der Waals surface area contributed by atoms with Crippen LogP contribution in [0.25, 0.3) is 5.69 Å². The Kier molecular flexibility index (Phi) is 3.69. The Balaban J connectivity index is 1.66. The van der Waals surface area contributed by atoms with E-state index in [1.165, 1.54) is 39.6 Å². The zero-order chi connectivity index (χ0) is 20.2. The number of aryl methyl sites for hydroxylation is 2. The average molecular weight is 391 g/mol. The van der Waals surface area contributed by atoms with E-state index in [4.69, 9.17) is 0 Å². The molecule has 1 unspecified atom stereocenters. The highest BCUT2D eigenvalue weighted by Crippen LogP contribution is 2.51. The molecule has 2 aliphatic heterocycles. The van der Waals surface area contributed by atoms with Crippen LogP contribution in [-0.4, -0.2) is 11.1 Å². The highest BCUT2D eigenvalue weighted by molar-refractivity contribution is 5.87. The van der Waals surface area contributed by atoms with E-state index in [1.54, 1.807) is 0 Å². The van der Waals surface area contributed by atoms with Gasteiger partial charge in [0.25, 0.3) is 5.82 Å². The monoisotopic (exact) mass is 391 g/mol. The zero-order valence-electron chi connectivity index (χ0n) is 17.2. The Hall–Kier alpha value is -3.66. The van der Waals surface area contributed by atoms with Gasteiger partial charge < -0.3 is 0 Å². The first-order chi connectivity index (χ1) is 14.7. The van der Waals surface area contributed by atoms with Gasteiger partial charge in [0.2, 0.25) is 6.33 Å². The van der Waals surface area contributed by atoms with Crippen LogP contribution in [0.2, 0.25) is 0 Å². The van der Waals surface area contributed by atoms with Crippen molar-refractivity contribution in [3.8, 4) is 5.69 Å². The Morgan fingerprint density at radius 1 is 0.800 bits per heavy atom. The fourth-order valence-electron chi connectivity index (χ4n) is 5.05. The van der Waals surface area contributed by atoms with E-state index in [0.29, 0.717) is 0 Å². The number of anilines is 4. The molecule has 4 aromatic rings. The molecule has 3 heterocycles. The van der Waals surface area contributed by atoms with Crippen LogP contribution in [0.5, 0.6) is 0 Å². The second-order valence-corrected chi connectivity index (χ2v) is 8.10. The van der Waals surface area contributed by atoms with E-state index < -0.39 is 0 Å². The minimum absolute atomic E-state index is 0.208. The van der Waals surface area contributed by atoms with Gasteiger partial charge in [-0.2, -0.15) is 4.57 Å². The molecule has 0 N–H and O–H groups in total. The Morgan fingerprint density at radius 3 is 2.33 bits per heavy atom. The fourth-order valence-corrected chi connectivity index (χ4v) is 5.05. The topological polar surface area (TPSA) is 23.2 Å². The number of fused-ring (bicyclic) bond motifs is 5. The summed E-state index contributed by atoms with van der Waals surface area (Å²) >= 11 is 0. The molecule has 6 rings (SSSR count). The lowest BCUT2D eigenvalue weighted by Gasteiger charge is -2.23. The number of hydrogen-bond donors (Lipinski definition) is 0. The van der Waals surface area contributed by atoms with E-state index in [0.717, 1.165) is 12.1 Å².